The largest absolute Gasteiger partial charge is 0.488 e. The molecule has 0 bridgehead atoms. The zero-order chi connectivity index (χ0) is 20.8. The molecule has 3 aromatic rings. The summed E-state index contributed by atoms with van der Waals surface area (Å²) in [6, 6.07) is 22.0. The van der Waals surface area contributed by atoms with Crippen LogP contribution in [0.2, 0.25) is 10.0 Å². The molecule has 0 aliphatic carbocycles. The Bertz CT molecular complexity index is 1180. The van der Waals surface area contributed by atoms with E-state index in [9.17, 15) is 5.26 Å². The molecule has 0 radical (unpaired) electrons. The van der Waals surface area contributed by atoms with Crippen LogP contribution in [-0.2, 0) is 6.61 Å². The minimum Gasteiger partial charge on any atom is -0.488 e. The summed E-state index contributed by atoms with van der Waals surface area (Å²) in [5.41, 5.74) is 3.33. The molecule has 0 spiro atoms. The lowest BCUT2D eigenvalue weighted by Crippen LogP contribution is -1.97. The molecule has 0 aliphatic heterocycles. The third kappa shape index (κ3) is 5.40. The van der Waals surface area contributed by atoms with Crippen molar-refractivity contribution in [3.05, 3.63) is 97.4 Å². The first-order valence-corrected chi connectivity index (χ1v) is 10.0. The average molecular weight is 484 g/mol. The zero-order valence-electron chi connectivity index (χ0n) is 15.0. The van der Waals surface area contributed by atoms with Crippen LogP contribution in [-0.4, -0.2) is 0 Å². The van der Waals surface area contributed by atoms with Crippen molar-refractivity contribution in [1.82, 2.24) is 0 Å². The number of benzene rings is 3. The van der Waals surface area contributed by atoms with Gasteiger partial charge in [-0.05, 0) is 69.5 Å². The molecule has 0 amide bonds. The molecule has 3 aromatic carbocycles. The Morgan fingerprint density at radius 1 is 1.03 bits per heavy atom. The smallest absolute Gasteiger partial charge is 0.134 e. The second kappa shape index (κ2) is 9.63. The maximum atomic E-state index is 9.52. The summed E-state index contributed by atoms with van der Waals surface area (Å²) >= 11 is 15.6. The molecule has 6 heteroatoms. The number of nitrogens with zero attached hydrogens (tertiary/aromatic N) is 2. The van der Waals surface area contributed by atoms with Gasteiger partial charge < -0.3 is 4.74 Å². The molecule has 0 aliphatic rings. The first-order valence-electron chi connectivity index (χ1n) is 8.49. The van der Waals surface area contributed by atoms with Crippen LogP contribution in [0.3, 0.4) is 0 Å². The maximum Gasteiger partial charge on any atom is 0.134 e. The fourth-order valence-electron chi connectivity index (χ4n) is 2.62. The second-order valence-electron chi connectivity index (χ2n) is 6.08. The van der Waals surface area contributed by atoms with Gasteiger partial charge in [-0.3, -0.25) is 0 Å². The molecule has 0 aromatic heterocycles. The quantitative estimate of drug-likeness (QED) is 0.283. The molecule has 0 N–H and O–H groups in total. The number of hydrogen-bond donors (Lipinski definition) is 0. The number of halogens is 3. The number of rotatable bonds is 5. The Hall–Kier alpha value is -2.76. The summed E-state index contributed by atoms with van der Waals surface area (Å²) in [4.78, 5) is 0. The van der Waals surface area contributed by atoms with Crippen LogP contribution in [0.15, 0.2) is 65.1 Å². The molecular formula is C23H13BrCl2N2O. The van der Waals surface area contributed by atoms with Gasteiger partial charge in [0.05, 0.1) is 27.7 Å². The lowest BCUT2D eigenvalue weighted by Gasteiger charge is -2.10. The summed E-state index contributed by atoms with van der Waals surface area (Å²) in [7, 11) is 0. The number of ether oxygens (including phenoxy) is 1. The Balaban J connectivity index is 1.80. The van der Waals surface area contributed by atoms with Crippen molar-refractivity contribution in [1.29, 1.82) is 10.5 Å². The number of allylic oxidation sites excluding steroid dienone is 1. The fraction of sp³-hybridized carbons (Fsp3) is 0.0435. The van der Waals surface area contributed by atoms with E-state index in [2.05, 4.69) is 28.1 Å². The van der Waals surface area contributed by atoms with Gasteiger partial charge in [-0.25, -0.2) is 0 Å². The summed E-state index contributed by atoms with van der Waals surface area (Å²) in [6.45, 7) is 0.300. The second-order valence-corrected chi connectivity index (χ2v) is 7.77. The van der Waals surface area contributed by atoms with E-state index in [1.165, 1.54) is 0 Å². The minimum absolute atomic E-state index is 0.300. The predicted molar refractivity (Wildman–Crippen MR) is 120 cm³/mol. The van der Waals surface area contributed by atoms with Gasteiger partial charge >= 0.3 is 0 Å². The van der Waals surface area contributed by atoms with Crippen LogP contribution >= 0.6 is 39.1 Å². The highest BCUT2D eigenvalue weighted by molar-refractivity contribution is 9.10. The third-order valence-electron chi connectivity index (χ3n) is 4.09. The highest BCUT2D eigenvalue weighted by Gasteiger charge is 2.07. The van der Waals surface area contributed by atoms with E-state index in [0.717, 1.165) is 15.6 Å². The van der Waals surface area contributed by atoms with Crippen molar-refractivity contribution in [3.63, 3.8) is 0 Å². The molecule has 0 fully saturated rings. The number of hydrogen-bond acceptors (Lipinski definition) is 3. The lowest BCUT2D eigenvalue weighted by molar-refractivity contribution is 0.304. The van der Waals surface area contributed by atoms with E-state index in [-0.39, 0.29) is 0 Å². The topological polar surface area (TPSA) is 56.8 Å². The van der Waals surface area contributed by atoms with Crippen LogP contribution < -0.4 is 4.74 Å². The Morgan fingerprint density at radius 2 is 1.86 bits per heavy atom. The van der Waals surface area contributed by atoms with Crippen LogP contribution in [0.1, 0.15) is 22.3 Å². The summed E-state index contributed by atoms with van der Waals surface area (Å²) in [6.07, 6.45) is 1.76. The van der Waals surface area contributed by atoms with Crippen molar-refractivity contribution in [2.75, 3.05) is 0 Å². The van der Waals surface area contributed by atoms with Gasteiger partial charge in [0.25, 0.3) is 0 Å². The molecule has 3 nitrogen and oxygen atoms in total. The summed E-state index contributed by atoms with van der Waals surface area (Å²) in [5.74, 6) is 0.651. The summed E-state index contributed by atoms with van der Waals surface area (Å²) in [5, 5.41) is 19.7. The van der Waals surface area contributed by atoms with E-state index < -0.39 is 0 Å². The first-order chi connectivity index (χ1) is 14.0. The SMILES string of the molecule is N#C/C(=C/c1ccc(OCc2ccc(Cl)cc2Cl)c(Br)c1)c1cccc(C#N)c1. The summed E-state index contributed by atoms with van der Waals surface area (Å²) < 4.78 is 6.60. The van der Waals surface area contributed by atoms with Crippen LogP contribution in [0, 0.1) is 22.7 Å². The standard InChI is InChI=1S/C23H13BrCl2N2O/c24-21-10-15(8-19(13-28)17-3-1-2-16(9-17)12-27)4-7-23(21)29-14-18-5-6-20(25)11-22(18)26/h1-11H,14H2/b19-8-. The van der Waals surface area contributed by atoms with E-state index >= 15 is 0 Å². The highest BCUT2D eigenvalue weighted by Crippen LogP contribution is 2.30. The Kier molecular flexibility index (Phi) is 6.96. The Labute approximate surface area is 187 Å². The first kappa shape index (κ1) is 21.0. The molecule has 142 valence electrons. The molecule has 3 rings (SSSR count). The minimum atomic E-state index is 0.300. The van der Waals surface area contributed by atoms with Gasteiger partial charge in [0, 0.05) is 15.6 Å². The molecule has 0 saturated heterocycles. The van der Waals surface area contributed by atoms with E-state index in [1.54, 1.807) is 42.5 Å². The Morgan fingerprint density at radius 3 is 2.55 bits per heavy atom. The maximum absolute atomic E-state index is 9.52. The predicted octanol–water partition coefficient (Wildman–Crippen LogP) is 7.27. The normalized spacial score (nSPS) is 10.9. The van der Waals surface area contributed by atoms with Gasteiger partial charge in [-0.15, -0.1) is 0 Å². The number of nitriles is 2. The van der Waals surface area contributed by atoms with Crippen molar-refractivity contribution in [2.24, 2.45) is 0 Å². The van der Waals surface area contributed by atoms with Crippen LogP contribution in [0.25, 0.3) is 11.6 Å². The molecule has 0 heterocycles. The van der Waals surface area contributed by atoms with Crippen molar-refractivity contribution in [3.8, 4) is 17.9 Å². The zero-order valence-corrected chi connectivity index (χ0v) is 18.1. The average Bonchev–Trinajstić information content (AvgIpc) is 2.72. The van der Waals surface area contributed by atoms with E-state index in [4.69, 9.17) is 33.2 Å². The van der Waals surface area contributed by atoms with Gasteiger partial charge in [-0.2, -0.15) is 10.5 Å². The molecular weight excluding hydrogens is 471 g/mol. The van der Waals surface area contributed by atoms with E-state index in [1.807, 2.05) is 24.3 Å². The van der Waals surface area contributed by atoms with Crippen molar-refractivity contribution < 1.29 is 4.74 Å². The molecule has 0 unspecified atom stereocenters. The van der Waals surface area contributed by atoms with Gasteiger partial charge in [0.2, 0.25) is 0 Å². The third-order valence-corrected chi connectivity index (χ3v) is 5.30. The van der Waals surface area contributed by atoms with Crippen LogP contribution in [0.4, 0.5) is 0 Å². The van der Waals surface area contributed by atoms with Crippen molar-refractivity contribution >= 4 is 50.8 Å². The fourth-order valence-corrected chi connectivity index (χ4v) is 3.60. The molecule has 29 heavy (non-hydrogen) atoms. The molecule has 0 saturated carbocycles. The van der Waals surface area contributed by atoms with Crippen LogP contribution in [0.5, 0.6) is 5.75 Å². The van der Waals surface area contributed by atoms with Crippen molar-refractivity contribution in [2.45, 2.75) is 6.61 Å². The van der Waals surface area contributed by atoms with E-state index in [0.29, 0.717) is 39.1 Å². The molecule has 0 atom stereocenters. The highest BCUT2D eigenvalue weighted by atomic mass is 79.9. The van der Waals surface area contributed by atoms with Gasteiger partial charge in [-0.1, -0.05) is 47.5 Å². The van der Waals surface area contributed by atoms with Gasteiger partial charge in [0.15, 0.2) is 0 Å². The van der Waals surface area contributed by atoms with Gasteiger partial charge in [0.1, 0.15) is 12.4 Å². The monoisotopic (exact) mass is 482 g/mol. The lowest BCUT2D eigenvalue weighted by atomic mass is 10.0.